The molecule has 0 N–H and O–H groups in total. The first-order valence-corrected chi connectivity index (χ1v) is 6.14. The molecule has 0 spiro atoms. The number of para-hydroxylation sites is 1. The number of halogens is 1. The van der Waals surface area contributed by atoms with Crippen LogP contribution >= 0.6 is 0 Å². The van der Waals surface area contributed by atoms with E-state index in [4.69, 9.17) is 4.74 Å². The number of hydrogen-bond donors (Lipinski definition) is 0. The number of ketones is 1. The van der Waals surface area contributed by atoms with Crippen LogP contribution in [0.4, 0.5) is 10.1 Å². The van der Waals surface area contributed by atoms with Crippen LogP contribution < -0.4 is 4.74 Å². The van der Waals surface area contributed by atoms with Crippen LogP contribution in [-0.2, 0) is 6.61 Å². The van der Waals surface area contributed by atoms with Gasteiger partial charge >= 0.3 is 0 Å². The summed E-state index contributed by atoms with van der Waals surface area (Å²) in [4.78, 5) is 21.8. The Bertz CT molecular complexity index is 700. The largest absolute Gasteiger partial charge is 0.488 e. The topological polar surface area (TPSA) is 69.4 Å². The number of carbonyl (C=O) groups excluding carboxylic acids is 1. The smallest absolute Gasteiger partial charge is 0.276 e. The summed E-state index contributed by atoms with van der Waals surface area (Å²) in [5.41, 5.74) is 0.495. The molecule has 0 saturated carbocycles. The number of Topliss-reactive ketones (excluding diaryl/α,β-unsaturated/α-hetero) is 1. The van der Waals surface area contributed by atoms with Gasteiger partial charge in [0, 0.05) is 12.1 Å². The molecule has 0 aliphatic carbocycles. The van der Waals surface area contributed by atoms with E-state index in [0.717, 1.165) is 12.1 Å². The monoisotopic (exact) mass is 289 g/mol. The maximum Gasteiger partial charge on any atom is 0.276 e. The number of benzene rings is 2. The van der Waals surface area contributed by atoms with E-state index in [0.29, 0.717) is 5.56 Å². The van der Waals surface area contributed by atoms with Gasteiger partial charge in [-0.25, -0.2) is 4.39 Å². The van der Waals surface area contributed by atoms with E-state index in [1.807, 2.05) is 0 Å². The predicted octanol–water partition coefficient (Wildman–Crippen LogP) is 3.52. The van der Waals surface area contributed by atoms with Crippen LogP contribution in [0, 0.1) is 15.9 Å². The molecule has 5 nitrogen and oxygen atoms in total. The number of carbonyl (C=O) groups is 1. The molecule has 0 atom stereocenters. The summed E-state index contributed by atoms with van der Waals surface area (Å²) < 4.78 is 18.6. The number of nitro groups is 1. The van der Waals surface area contributed by atoms with Crippen LogP contribution in [0.2, 0.25) is 0 Å². The highest BCUT2D eigenvalue weighted by atomic mass is 19.1. The maximum absolute atomic E-state index is 13.2. The van der Waals surface area contributed by atoms with Crippen molar-refractivity contribution >= 4 is 11.5 Å². The third-order valence-electron chi connectivity index (χ3n) is 2.89. The average molecular weight is 289 g/mol. The zero-order chi connectivity index (χ0) is 15.4. The molecule has 6 heteroatoms. The lowest BCUT2D eigenvalue weighted by Gasteiger charge is -2.10. The van der Waals surface area contributed by atoms with Crippen molar-refractivity contribution in [1.29, 1.82) is 0 Å². The SMILES string of the molecule is CC(=O)c1ccc(F)cc1OCc1ccccc1[N+](=O)[O-]. The summed E-state index contributed by atoms with van der Waals surface area (Å²) in [6.07, 6.45) is 0. The van der Waals surface area contributed by atoms with Crippen molar-refractivity contribution < 1.29 is 18.8 Å². The lowest BCUT2D eigenvalue weighted by Crippen LogP contribution is -2.04. The summed E-state index contributed by atoms with van der Waals surface area (Å²) in [7, 11) is 0. The Hall–Kier alpha value is -2.76. The number of rotatable bonds is 5. The molecule has 108 valence electrons. The Labute approximate surface area is 120 Å². The summed E-state index contributed by atoms with van der Waals surface area (Å²) in [5, 5.41) is 10.9. The Kier molecular flexibility index (Phi) is 4.27. The minimum absolute atomic E-state index is 0.0700. The van der Waals surface area contributed by atoms with Gasteiger partial charge in [0.15, 0.2) is 5.78 Å². The lowest BCUT2D eigenvalue weighted by atomic mass is 10.1. The highest BCUT2D eigenvalue weighted by Crippen LogP contribution is 2.24. The van der Waals surface area contributed by atoms with E-state index in [1.54, 1.807) is 18.2 Å². The van der Waals surface area contributed by atoms with Gasteiger partial charge in [-0.2, -0.15) is 0 Å². The fraction of sp³-hybridized carbons (Fsp3) is 0.133. The Morgan fingerprint density at radius 3 is 2.67 bits per heavy atom. The van der Waals surface area contributed by atoms with Gasteiger partial charge < -0.3 is 4.74 Å². The van der Waals surface area contributed by atoms with Crippen molar-refractivity contribution in [3.8, 4) is 5.75 Å². The van der Waals surface area contributed by atoms with Crippen molar-refractivity contribution in [3.63, 3.8) is 0 Å². The highest BCUT2D eigenvalue weighted by Gasteiger charge is 2.15. The molecule has 0 aliphatic heterocycles. The van der Waals surface area contributed by atoms with Crippen LogP contribution in [0.3, 0.4) is 0 Å². The molecule has 2 aromatic rings. The number of nitrogens with zero attached hydrogens (tertiary/aromatic N) is 1. The van der Waals surface area contributed by atoms with Crippen LogP contribution in [0.25, 0.3) is 0 Å². The fourth-order valence-electron chi connectivity index (χ4n) is 1.87. The normalized spacial score (nSPS) is 10.2. The lowest BCUT2D eigenvalue weighted by molar-refractivity contribution is -0.385. The molecular formula is C15H12FNO4. The van der Waals surface area contributed by atoms with Gasteiger partial charge in [-0.15, -0.1) is 0 Å². The Morgan fingerprint density at radius 2 is 2.00 bits per heavy atom. The summed E-state index contributed by atoms with van der Waals surface area (Å²) in [6.45, 7) is 1.21. The molecule has 0 bridgehead atoms. The van der Waals surface area contributed by atoms with Crippen LogP contribution in [-0.4, -0.2) is 10.7 Å². The molecule has 0 amide bonds. The van der Waals surface area contributed by atoms with Crippen molar-refractivity contribution in [2.75, 3.05) is 0 Å². The number of hydrogen-bond acceptors (Lipinski definition) is 4. The average Bonchev–Trinajstić information content (AvgIpc) is 2.45. The Morgan fingerprint density at radius 1 is 1.29 bits per heavy atom. The number of nitro benzene ring substituents is 1. The standard InChI is InChI=1S/C15H12FNO4/c1-10(18)13-7-6-12(16)8-15(13)21-9-11-4-2-3-5-14(11)17(19)20/h2-8H,9H2,1H3. The molecule has 21 heavy (non-hydrogen) atoms. The quantitative estimate of drug-likeness (QED) is 0.480. The van der Waals surface area contributed by atoms with E-state index in [2.05, 4.69) is 0 Å². The van der Waals surface area contributed by atoms with E-state index in [-0.39, 0.29) is 29.4 Å². The van der Waals surface area contributed by atoms with Gasteiger partial charge in [-0.05, 0) is 25.1 Å². The summed E-state index contributed by atoms with van der Waals surface area (Å²) in [5.74, 6) is -0.745. The third kappa shape index (κ3) is 3.42. The molecule has 2 rings (SSSR count). The minimum atomic E-state index is -0.544. The van der Waals surface area contributed by atoms with Crippen LogP contribution in [0.1, 0.15) is 22.8 Å². The molecule has 0 aromatic heterocycles. The maximum atomic E-state index is 13.2. The minimum Gasteiger partial charge on any atom is -0.488 e. The van der Waals surface area contributed by atoms with E-state index in [9.17, 15) is 19.3 Å². The van der Waals surface area contributed by atoms with Gasteiger partial charge in [-0.3, -0.25) is 14.9 Å². The van der Waals surface area contributed by atoms with Gasteiger partial charge in [0.1, 0.15) is 18.2 Å². The summed E-state index contributed by atoms with van der Waals surface area (Å²) in [6, 6.07) is 9.67. The van der Waals surface area contributed by atoms with E-state index in [1.165, 1.54) is 19.1 Å². The predicted molar refractivity (Wildman–Crippen MR) is 73.8 cm³/mol. The molecule has 2 aromatic carbocycles. The first-order valence-electron chi connectivity index (χ1n) is 6.14. The molecule has 0 radical (unpaired) electrons. The van der Waals surface area contributed by atoms with Crippen LogP contribution in [0.5, 0.6) is 5.75 Å². The number of ether oxygens (including phenoxy) is 1. The van der Waals surface area contributed by atoms with Gasteiger partial charge in [0.25, 0.3) is 5.69 Å². The molecule has 0 fully saturated rings. The molecular weight excluding hydrogens is 277 g/mol. The zero-order valence-corrected chi connectivity index (χ0v) is 11.2. The second-order valence-corrected chi connectivity index (χ2v) is 4.37. The van der Waals surface area contributed by atoms with Crippen LogP contribution in [0.15, 0.2) is 42.5 Å². The van der Waals surface area contributed by atoms with E-state index < -0.39 is 10.7 Å². The van der Waals surface area contributed by atoms with Gasteiger partial charge in [0.2, 0.25) is 0 Å². The molecule has 0 aliphatic rings. The first kappa shape index (κ1) is 14.6. The second-order valence-electron chi connectivity index (χ2n) is 4.37. The van der Waals surface area contributed by atoms with Gasteiger partial charge in [0.05, 0.1) is 16.1 Å². The van der Waals surface area contributed by atoms with E-state index >= 15 is 0 Å². The molecule has 0 heterocycles. The summed E-state index contributed by atoms with van der Waals surface area (Å²) >= 11 is 0. The fourth-order valence-corrected chi connectivity index (χ4v) is 1.87. The van der Waals surface area contributed by atoms with Crippen molar-refractivity contribution in [2.24, 2.45) is 0 Å². The van der Waals surface area contributed by atoms with Crippen molar-refractivity contribution in [3.05, 3.63) is 69.5 Å². The second kappa shape index (κ2) is 6.13. The highest BCUT2D eigenvalue weighted by molar-refractivity contribution is 5.96. The third-order valence-corrected chi connectivity index (χ3v) is 2.89. The zero-order valence-electron chi connectivity index (χ0n) is 11.2. The molecule has 0 unspecified atom stereocenters. The first-order chi connectivity index (χ1) is 9.99. The Balaban J connectivity index is 2.27. The van der Waals surface area contributed by atoms with Crippen molar-refractivity contribution in [2.45, 2.75) is 13.5 Å². The molecule has 0 saturated heterocycles. The van der Waals surface area contributed by atoms with Gasteiger partial charge in [-0.1, -0.05) is 12.1 Å². The van der Waals surface area contributed by atoms with Crippen molar-refractivity contribution in [1.82, 2.24) is 0 Å².